The lowest BCUT2D eigenvalue weighted by Crippen LogP contribution is -2.26. The normalized spacial score (nSPS) is 11.1. The van der Waals surface area contributed by atoms with Gasteiger partial charge in [-0.2, -0.15) is 0 Å². The highest BCUT2D eigenvalue weighted by Crippen LogP contribution is 2.19. The number of aryl methyl sites for hydroxylation is 3. The minimum atomic E-state index is 0.0122. The van der Waals surface area contributed by atoms with Crippen LogP contribution < -0.4 is 5.32 Å². The Labute approximate surface area is 146 Å². The van der Waals surface area contributed by atoms with Crippen LogP contribution >= 0.6 is 11.3 Å². The lowest BCUT2D eigenvalue weighted by Gasteiger charge is -2.08. The summed E-state index contributed by atoms with van der Waals surface area (Å²) in [6.07, 6.45) is 3.00. The molecule has 4 nitrogen and oxygen atoms in total. The predicted molar refractivity (Wildman–Crippen MR) is 99.7 cm³/mol. The molecule has 126 valence electrons. The maximum Gasteiger partial charge on any atom is 0.267 e. The first-order valence-electron chi connectivity index (χ1n) is 8.46. The standard InChI is InChI=1S/C19H23N3OS/c1-3-22-16-9-5-4-8-15(16)12-17(22)19(23)20-11-7-6-10-18-21-14(2)13-24-18/h4-5,8-9,12-13H,3,6-7,10-11H2,1-2H3,(H,20,23). The molecule has 0 saturated heterocycles. The third-order valence-corrected chi connectivity index (χ3v) is 5.16. The highest BCUT2D eigenvalue weighted by atomic mass is 32.1. The largest absolute Gasteiger partial charge is 0.351 e. The van der Waals surface area contributed by atoms with Gasteiger partial charge in [0.25, 0.3) is 5.91 Å². The monoisotopic (exact) mass is 341 g/mol. The Morgan fingerprint density at radius 1 is 1.29 bits per heavy atom. The maximum absolute atomic E-state index is 12.5. The van der Waals surface area contributed by atoms with Gasteiger partial charge in [-0.05, 0) is 45.2 Å². The van der Waals surface area contributed by atoms with E-state index in [2.05, 4.69) is 33.2 Å². The molecular weight excluding hydrogens is 318 g/mol. The number of thiazole rings is 1. The van der Waals surface area contributed by atoms with Crippen molar-refractivity contribution in [2.24, 2.45) is 0 Å². The number of para-hydroxylation sites is 1. The van der Waals surface area contributed by atoms with Crippen LogP contribution in [0.25, 0.3) is 10.9 Å². The fourth-order valence-corrected chi connectivity index (χ4v) is 3.77. The van der Waals surface area contributed by atoms with E-state index in [4.69, 9.17) is 0 Å². The molecule has 0 spiro atoms. The van der Waals surface area contributed by atoms with Gasteiger partial charge in [-0.1, -0.05) is 18.2 Å². The SMILES string of the molecule is CCn1c(C(=O)NCCCCc2nc(C)cs2)cc2ccccc21. The number of rotatable bonds is 7. The Morgan fingerprint density at radius 3 is 2.88 bits per heavy atom. The zero-order valence-electron chi connectivity index (χ0n) is 14.2. The molecule has 1 amide bonds. The number of carbonyl (C=O) groups excluding carboxylic acids is 1. The smallest absolute Gasteiger partial charge is 0.267 e. The van der Waals surface area contributed by atoms with Gasteiger partial charge in [-0.25, -0.2) is 4.98 Å². The van der Waals surface area contributed by atoms with Crippen molar-refractivity contribution in [3.05, 3.63) is 52.1 Å². The number of hydrogen-bond donors (Lipinski definition) is 1. The summed E-state index contributed by atoms with van der Waals surface area (Å²) in [5, 5.41) is 7.43. The van der Waals surface area contributed by atoms with Crippen LogP contribution in [-0.2, 0) is 13.0 Å². The molecule has 1 N–H and O–H groups in total. The number of benzene rings is 1. The van der Waals surface area contributed by atoms with Crippen LogP contribution in [0.4, 0.5) is 0 Å². The van der Waals surface area contributed by atoms with E-state index in [1.165, 1.54) is 5.01 Å². The van der Waals surface area contributed by atoms with Gasteiger partial charge in [0.1, 0.15) is 5.69 Å². The molecule has 2 aromatic heterocycles. The van der Waals surface area contributed by atoms with Gasteiger partial charge in [-0.3, -0.25) is 4.79 Å². The summed E-state index contributed by atoms with van der Waals surface area (Å²) < 4.78 is 2.07. The van der Waals surface area contributed by atoms with Crippen LogP contribution in [0.15, 0.2) is 35.7 Å². The van der Waals surface area contributed by atoms with Crippen molar-refractivity contribution in [3.8, 4) is 0 Å². The maximum atomic E-state index is 12.5. The number of nitrogens with one attached hydrogen (secondary N) is 1. The van der Waals surface area contributed by atoms with E-state index in [-0.39, 0.29) is 5.91 Å². The summed E-state index contributed by atoms with van der Waals surface area (Å²) in [7, 11) is 0. The number of amides is 1. The topological polar surface area (TPSA) is 46.9 Å². The van der Waals surface area contributed by atoms with Gasteiger partial charge >= 0.3 is 0 Å². The van der Waals surface area contributed by atoms with E-state index >= 15 is 0 Å². The summed E-state index contributed by atoms with van der Waals surface area (Å²) in [4.78, 5) is 17.0. The van der Waals surface area contributed by atoms with Crippen LogP contribution in [0.3, 0.4) is 0 Å². The van der Waals surface area contributed by atoms with Crippen molar-refractivity contribution in [2.45, 2.75) is 39.7 Å². The molecule has 0 fully saturated rings. The summed E-state index contributed by atoms with van der Waals surface area (Å²) in [5.74, 6) is 0.0122. The van der Waals surface area contributed by atoms with Crippen molar-refractivity contribution in [2.75, 3.05) is 6.54 Å². The van der Waals surface area contributed by atoms with Gasteiger partial charge in [0.15, 0.2) is 0 Å². The number of carbonyl (C=O) groups is 1. The summed E-state index contributed by atoms with van der Waals surface area (Å²) in [5.41, 5.74) is 2.95. The number of aromatic nitrogens is 2. The Balaban J connectivity index is 1.53. The number of nitrogens with zero attached hydrogens (tertiary/aromatic N) is 2. The summed E-state index contributed by atoms with van der Waals surface area (Å²) in [6.45, 7) is 5.58. The van der Waals surface area contributed by atoms with E-state index in [9.17, 15) is 4.79 Å². The van der Waals surface area contributed by atoms with Crippen LogP contribution in [0.2, 0.25) is 0 Å². The summed E-state index contributed by atoms with van der Waals surface area (Å²) >= 11 is 1.72. The van der Waals surface area contributed by atoms with Crippen LogP contribution in [0.1, 0.15) is 41.0 Å². The lowest BCUT2D eigenvalue weighted by molar-refractivity contribution is 0.0944. The van der Waals surface area contributed by atoms with E-state index in [1.54, 1.807) is 11.3 Å². The third kappa shape index (κ3) is 3.67. The molecule has 0 bridgehead atoms. The third-order valence-electron chi connectivity index (χ3n) is 4.13. The summed E-state index contributed by atoms with van der Waals surface area (Å²) in [6, 6.07) is 10.1. The van der Waals surface area contributed by atoms with E-state index < -0.39 is 0 Å². The number of fused-ring (bicyclic) bond motifs is 1. The zero-order valence-corrected chi connectivity index (χ0v) is 15.0. The second kappa shape index (κ2) is 7.62. The van der Waals surface area contributed by atoms with Crippen LogP contribution in [0.5, 0.6) is 0 Å². The highest BCUT2D eigenvalue weighted by Gasteiger charge is 2.13. The van der Waals surface area contributed by atoms with E-state index in [1.807, 2.05) is 31.2 Å². The second-order valence-corrected chi connectivity index (χ2v) is 6.87. The molecule has 3 aromatic rings. The highest BCUT2D eigenvalue weighted by molar-refractivity contribution is 7.09. The van der Waals surface area contributed by atoms with Crippen LogP contribution in [0, 0.1) is 6.92 Å². The molecule has 0 aliphatic carbocycles. The molecule has 24 heavy (non-hydrogen) atoms. The van der Waals surface area contributed by atoms with E-state index in [0.717, 1.165) is 48.1 Å². The molecule has 0 unspecified atom stereocenters. The molecule has 0 aliphatic rings. The van der Waals surface area contributed by atoms with Gasteiger partial charge < -0.3 is 9.88 Å². The Morgan fingerprint density at radius 2 is 2.12 bits per heavy atom. The molecule has 0 radical (unpaired) electrons. The first kappa shape index (κ1) is 16.7. The van der Waals surface area contributed by atoms with Crippen molar-refractivity contribution in [1.29, 1.82) is 0 Å². The molecule has 3 rings (SSSR count). The number of unbranched alkanes of at least 4 members (excludes halogenated alkanes) is 1. The number of hydrogen-bond acceptors (Lipinski definition) is 3. The molecule has 0 atom stereocenters. The van der Waals surface area contributed by atoms with Crippen molar-refractivity contribution in [3.63, 3.8) is 0 Å². The quantitative estimate of drug-likeness (QED) is 0.655. The molecular formula is C19H23N3OS. The molecule has 0 aliphatic heterocycles. The fraction of sp³-hybridized carbons (Fsp3) is 0.368. The zero-order chi connectivity index (χ0) is 16.9. The van der Waals surface area contributed by atoms with Gasteiger partial charge in [-0.15, -0.1) is 11.3 Å². The minimum Gasteiger partial charge on any atom is -0.351 e. The molecule has 0 saturated carbocycles. The Bertz CT molecular complexity index is 834. The fourth-order valence-electron chi connectivity index (χ4n) is 2.95. The first-order valence-corrected chi connectivity index (χ1v) is 9.34. The molecule has 2 heterocycles. The molecule has 5 heteroatoms. The first-order chi connectivity index (χ1) is 11.7. The Kier molecular flexibility index (Phi) is 5.30. The second-order valence-electron chi connectivity index (χ2n) is 5.93. The van der Waals surface area contributed by atoms with Gasteiger partial charge in [0, 0.05) is 35.1 Å². The predicted octanol–water partition coefficient (Wildman–Crippen LogP) is 4.18. The Hall–Kier alpha value is -2.14. The van der Waals surface area contributed by atoms with Crippen molar-refractivity contribution >= 4 is 28.1 Å². The average molecular weight is 341 g/mol. The van der Waals surface area contributed by atoms with Gasteiger partial charge in [0.05, 0.1) is 5.01 Å². The van der Waals surface area contributed by atoms with Crippen molar-refractivity contribution < 1.29 is 4.79 Å². The molecule has 1 aromatic carbocycles. The van der Waals surface area contributed by atoms with Crippen molar-refractivity contribution in [1.82, 2.24) is 14.9 Å². The minimum absolute atomic E-state index is 0.0122. The van der Waals surface area contributed by atoms with E-state index in [0.29, 0.717) is 6.54 Å². The average Bonchev–Trinajstić information content (AvgIpc) is 3.17. The lowest BCUT2D eigenvalue weighted by atomic mass is 10.2. The van der Waals surface area contributed by atoms with Crippen LogP contribution in [-0.4, -0.2) is 22.0 Å². The van der Waals surface area contributed by atoms with Gasteiger partial charge in [0.2, 0.25) is 0 Å².